The molecule has 8 heteroatoms. The predicted octanol–water partition coefficient (Wildman–Crippen LogP) is 6.39. The highest BCUT2D eigenvalue weighted by molar-refractivity contribution is 7.10. The van der Waals surface area contributed by atoms with Crippen molar-refractivity contribution in [3.63, 3.8) is 0 Å². The van der Waals surface area contributed by atoms with E-state index in [9.17, 15) is 0 Å². The van der Waals surface area contributed by atoms with Crippen LogP contribution in [0.15, 0.2) is 72.2 Å². The molecule has 0 fully saturated rings. The SMILES string of the molecule is Clc1ccc(OCc2ccccc2)c(Cc2nc(-c3nc4cc5cn[nH]c5cc4[nH]3)cs2)c1. The van der Waals surface area contributed by atoms with Crippen molar-refractivity contribution in [1.29, 1.82) is 0 Å². The number of aromatic nitrogens is 5. The number of aromatic amines is 2. The maximum absolute atomic E-state index is 6.29. The van der Waals surface area contributed by atoms with Gasteiger partial charge in [0.15, 0.2) is 5.82 Å². The van der Waals surface area contributed by atoms with Crippen molar-refractivity contribution in [3.05, 3.63) is 93.4 Å². The van der Waals surface area contributed by atoms with E-state index >= 15 is 0 Å². The minimum atomic E-state index is 0.501. The van der Waals surface area contributed by atoms with E-state index < -0.39 is 0 Å². The Bertz CT molecular complexity index is 1520. The first kappa shape index (κ1) is 20.0. The van der Waals surface area contributed by atoms with Crippen LogP contribution in [0.5, 0.6) is 5.75 Å². The molecule has 0 spiro atoms. The molecule has 0 radical (unpaired) electrons. The maximum Gasteiger partial charge on any atom is 0.158 e. The molecule has 6 aromatic rings. The molecule has 3 aromatic heterocycles. The lowest BCUT2D eigenvalue weighted by molar-refractivity contribution is 0.303. The molecule has 3 heterocycles. The Morgan fingerprint density at radius 2 is 1.88 bits per heavy atom. The van der Waals surface area contributed by atoms with Crippen molar-refractivity contribution in [1.82, 2.24) is 25.1 Å². The normalized spacial score (nSPS) is 11.4. The van der Waals surface area contributed by atoms with Gasteiger partial charge in [-0.05, 0) is 35.9 Å². The summed E-state index contributed by atoms with van der Waals surface area (Å²) in [5.41, 5.74) is 5.75. The van der Waals surface area contributed by atoms with Crippen LogP contribution in [0.1, 0.15) is 16.1 Å². The molecule has 162 valence electrons. The van der Waals surface area contributed by atoms with Crippen LogP contribution < -0.4 is 4.74 Å². The largest absolute Gasteiger partial charge is 0.489 e. The first-order valence-corrected chi connectivity index (χ1v) is 11.7. The summed E-state index contributed by atoms with van der Waals surface area (Å²) in [6, 6.07) is 19.9. The third-order valence-corrected chi connectivity index (χ3v) is 6.52. The number of hydrogen-bond acceptors (Lipinski definition) is 5. The summed E-state index contributed by atoms with van der Waals surface area (Å²) >= 11 is 7.88. The highest BCUT2D eigenvalue weighted by atomic mass is 35.5. The van der Waals surface area contributed by atoms with E-state index in [0.29, 0.717) is 18.1 Å². The number of imidazole rings is 1. The van der Waals surface area contributed by atoms with E-state index in [2.05, 4.69) is 15.2 Å². The van der Waals surface area contributed by atoms with Crippen LogP contribution in [-0.4, -0.2) is 25.1 Å². The van der Waals surface area contributed by atoms with Gasteiger partial charge in [-0.3, -0.25) is 5.10 Å². The van der Waals surface area contributed by atoms with Crippen molar-refractivity contribution in [2.45, 2.75) is 13.0 Å². The fourth-order valence-electron chi connectivity index (χ4n) is 3.80. The van der Waals surface area contributed by atoms with Gasteiger partial charge in [-0.25, -0.2) is 9.97 Å². The standard InChI is InChI=1S/C25H18ClN5OS/c26-18-6-7-23(32-13-15-4-2-1-3-5-15)16(8-18)10-24-28-22(14-33-24)25-29-20-9-17-12-27-31-19(17)11-21(20)30-25/h1-9,11-12,14H,10,13H2,(H,27,31)(H,29,30). The predicted molar refractivity (Wildman–Crippen MR) is 132 cm³/mol. The van der Waals surface area contributed by atoms with Crippen molar-refractivity contribution in [2.75, 3.05) is 0 Å². The second-order valence-electron chi connectivity index (χ2n) is 7.74. The van der Waals surface area contributed by atoms with Gasteiger partial charge in [-0.15, -0.1) is 11.3 Å². The molecule has 33 heavy (non-hydrogen) atoms. The van der Waals surface area contributed by atoms with Gasteiger partial charge in [0.25, 0.3) is 0 Å². The fourth-order valence-corrected chi connectivity index (χ4v) is 4.79. The van der Waals surface area contributed by atoms with E-state index in [-0.39, 0.29) is 0 Å². The summed E-state index contributed by atoms with van der Waals surface area (Å²) in [6.45, 7) is 0.501. The number of hydrogen-bond donors (Lipinski definition) is 2. The summed E-state index contributed by atoms with van der Waals surface area (Å²) in [6.07, 6.45) is 2.43. The topological polar surface area (TPSA) is 79.5 Å². The smallest absolute Gasteiger partial charge is 0.158 e. The minimum Gasteiger partial charge on any atom is -0.489 e. The zero-order valence-electron chi connectivity index (χ0n) is 17.4. The number of benzene rings is 3. The summed E-state index contributed by atoms with van der Waals surface area (Å²) in [4.78, 5) is 12.9. The number of nitrogens with zero attached hydrogens (tertiary/aromatic N) is 3. The zero-order valence-corrected chi connectivity index (χ0v) is 19.0. The number of nitrogens with one attached hydrogen (secondary N) is 2. The van der Waals surface area contributed by atoms with E-state index in [1.165, 1.54) is 0 Å². The number of fused-ring (bicyclic) bond motifs is 2. The first-order chi connectivity index (χ1) is 16.2. The molecule has 6 rings (SSSR count). The molecule has 2 N–H and O–H groups in total. The maximum atomic E-state index is 6.29. The van der Waals surface area contributed by atoms with Crippen molar-refractivity contribution in [2.24, 2.45) is 0 Å². The van der Waals surface area contributed by atoms with E-state index in [1.807, 2.05) is 66.0 Å². The molecule has 0 amide bonds. The Hall–Kier alpha value is -3.68. The van der Waals surface area contributed by atoms with Gasteiger partial charge in [-0.2, -0.15) is 5.10 Å². The van der Waals surface area contributed by atoms with Crippen molar-refractivity contribution < 1.29 is 4.74 Å². The summed E-state index contributed by atoms with van der Waals surface area (Å²) in [7, 11) is 0. The Morgan fingerprint density at radius 1 is 0.970 bits per heavy atom. The Morgan fingerprint density at radius 3 is 2.79 bits per heavy atom. The molecule has 0 atom stereocenters. The molecule has 0 saturated carbocycles. The monoisotopic (exact) mass is 471 g/mol. The summed E-state index contributed by atoms with van der Waals surface area (Å²) in [5.74, 6) is 1.56. The molecule has 0 aliphatic rings. The van der Waals surface area contributed by atoms with Crippen molar-refractivity contribution in [3.8, 4) is 17.3 Å². The zero-order chi connectivity index (χ0) is 22.2. The molecule has 0 bridgehead atoms. The Balaban J connectivity index is 1.25. The first-order valence-electron chi connectivity index (χ1n) is 10.4. The van der Waals surface area contributed by atoms with Crippen LogP contribution in [0.4, 0.5) is 0 Å². The van der Waals surface area contributed by atoms with Crippen LogP contribution in [0.25, 0.3) is 33.5 Å². The quantitative estimate of drug-likeness (QED) is 0.295. The van der Waals surface area contributed by atoms with E-state index in [0.717, 1.165) is 55.3 Å². The summed E-state index contributed by atoms with van der Waals surface area (Å²) < 4.78 is 6.10. The lowest BCUT2D eigenvalue weighted by Gasteiger charge is -2.11. The number of thiazole rings is 1. The van der Waals surface area contributed by atoms with Crippen LogP contribution >= 0.6 is 22.9 Å². The lowest BCUT2D eigenvalue weighted by Crippen LogP contribution is -1.99. The van der Waals surface area contributed by atoms with Gasteiger partial charge >= 0.3 is 0 Å². The lowest BCUT2D eigenvalue weighted by atomic mass is 10.1. The van der Waals surface area contributed by atoms with Gasteiger partial charge in [0.05, 0.1) is 27.8 Å². The average Bonchev–Trinajstić information content (AvgIpc) is 3.56. The number of ether oxygens (including phenoxy) is 1. The summed E-state index contributed by atoms with van der Waals surface area (Å²) in [5, 5.41) is 11.8. The van der Waals surface area contributed by atoms with Crippen molar-refractivity contribution >= 4 is 44.9 Å². The van der Waals surface area contributed by atoms with Crippen LogP contribution in [0.3, 0.4) is 0 Å². The molecule has 0 aliphatic carbocycles. The average molecular weight is 472 g/mol. The van der Waals surface area contributed by atoms with Gasteiger partial charge in [0.1, 0.15) is 18.1 Å². The molecule has 3 aromatic carbocycles. The number of rotatable bonds is 6. The van der Waals surface area contributed by atoms with Gasteiger partial charge in [0.2, 0.25) is 0 Å². The Kier molecular flexibility index (Phi) is 5.05. The number of halogens is 1. The van der Waals surface area contributed by atoms with Crippen LogP contribution in [-0.2, 0) is 13.0 Å². The van der Waals surface area contributed by atoms with Gasteiger partial charge in [0, 0.05) is 27.8 Å². The minimum absolute atomic E-state index is 0.501. The molecule has 6 nitrogen and oxygen atoms in total. The Labute approximate surface area is 198 Å². The second-order valence-corrected chi connectivity index (χ2v) is 9.12. The number of H-pyrrole nitrogens is 2. The molecule has 0 saturated heterocycles. The third-order valence-electron chi connectivity index (χ3n) is 5.44. The third kappa shape index (κ3) is 4.08. The van der Waals surface area contributed by atoms with Gasteiger partial charge in [-0.1, -0.05) is 41.9 Å². The highest BCUT2D eigenvalue weighted by Gasteiger charge is 2.13. The fraction of sp³-hybridized carbons (Fsp3) is 0.0800. The second kappa shape index (κ2) is 8.35. The van der Waals surface area contributed by atoms with Gasteiger partial charge < -0.3 is 9.72 Å². The highest BCUT2D eigenvalue weighted by Crippen LogP contribution is 2.30. The molecule has 0 unspecified atom stereocenters. The van der Waals surface area contributed by atoms with E-state index in [4.69, 9.17) is 26.3 Å². The van der Waals surface area contributed by atoms with Crippen LogP contribution in [0.2, 0.25) is 5.02 Å². The molecular weight excluding hydrogens is 454 g/mol. The molecule has 0 aliphatic heterocycles. The van der Waals surface area contributed by atoms with Crippen LogP contribution in [0, 0.1) is 0 Å². The molecular formula is C25H18ClN5OS. The van der Waals surface area contributed by atoms with E-state index in [1.54, 1.807) is 17.5 Å².